The number of nitrogens with one attached hydrogen (secondary N) is 1. The summed E-state index contributed by atoms with van der Waals surface area (Å²) in [7, 11) is 0. The van der Waals surface area contributed by atoms with Gasteiger partial charge in [-0.25, -0.2) is 4.68 Å². The van der Waals surface area contributed by atoms with Gasteiger partial charge in [0.2, 0.25) is 5.91 Å². The second-order valence-electron chi connectivity index (χ2n) is 8.12. The third kappa shape index (κ3) is 4.60. The average Bonchev–Trinajstić information content (AvgIpc) is 3.36. The van der Waals surface area contributed by atoms with E-state index >= 15 is 0 Å². The first kappa shape index (κ1) is 21.4. The van der Waals surface area contributed by atoms with Gasteiger partial charge in [0, 0.05) is 32.4 Å². The Kier molecular flexibility index (Phi) is 6.02. The van der Waals surface area contributed by atoms with E-state index < -0.39 is 18.3 Å². The van der Waals surface area contributed by atoms with Crippen LogP contribution >= 0.6 is 0 Å². The first-order valence-electron chi connectivity index (χ1n) is 10.6. The molecule has 2 aliphatic heterocycles. The summed E-state index contributed by atoms with van der Waals surface area (Å²) in [5.41, 5.74) is 0.921. The van der Waals surface area contributed by atoms with Crippen molar-refractivity contribution in [3.8, 4) is 0 Å². The largest absolute Gasteiger partial charge is 0.410 e. The molecule has 2 aromatic rings. The standard InChI is InChI=1S/C22H25F3N4O2/c23-22(24,25)19-13-17(15-7-2-1-3-8-15)27-21-16(14-26-29(19)21)18(30)9-4-5-11-28-12-6-10-20(28)31/h1-3,7-8,14,17,19,27H,4-6,9-13H2. The minimum Gasteiger partial charge on any atom is -0.363 e. The van der Waals surface area contributed by atoms with Crippen LogP contribution in [-0.4, -0.2) is 45.6 Å². The van der Waals surface area contributed by atoms with E-state index in [2.05, 4.69) is 10.4 Å². The molecular formula is C22H25F3N4O2. The third-order valence-corrected chi connectivity index (χ3v) is 5.99. The maximum Gasteiger partial charge on any atom is 0.410 e. The molecule has 1 amide bonds. The second-order valence-corrected chi connectivity index (χ2v) is 8.12. The number of nitrogens with zero attached hydrogens (tertiary/aromatic N) is 3. The first-order valence-corrected chi connectivity index (χ1v) is 10.6. The van der Waals surface area contributed by atoms with Gasteiger partial charge in [-0.2, -0.15) is 18.3 Å². The van der Waals surface area contributed by atoms with Gasteiger partial charge in [-0.15, -0.1) is 0 Å². The van der Waals surface area contributed by atoms with Crippen LogP contribution in [0.5, 0.6) is 0 Å². The van der Waals surface area contributed by atoms with E-state index in [0.29, 0.717) is 25.8 Å². The summed E-state index contributed by atoms with van der Waals surface area (Å²) in [6, 6.07) is 6.56. The van der Waals surface area contributed by atoms with Crippen molar-refractivity contribution in [2.24, 2.45) is 0 Å². The molecule has 166 valence electrons. The Bertz CT molecular complexity index is 942. The van der Waals surface area contributed by atoms with Gasteiger partial charge in [0.1, 0.15) is 5.82 Å². The number of hydrogen-bond donors (Lipinski definition) is 1. The Morgan fingerprint density at radius 3 is 2.65 bits per heavy atom. The third-order valence-electron chi connectivity index (χ3n) is 5.99. The molecule has 1 aromatic heterocycles. The zero-order chi connectivity index (χ0) is 22.0. The lowest BCUT2D eigenvalue weighted by molar-refractivity contribution is -0.173. The number of carbonyl (C=O) groups is 2. The molecule has 0 radical (unpaired) electrons. The number of benzene rings is 1. The normalized spacial score (nSPS) is 21.1. The number of amides is 1. The predicted molar refractivity (Wildman–Crippen MR) is 109 cm³/mol. The molecule has 2 aliphatic rings. The fourth-order valence-electron chi connectivity index (χ4n) is 4.33. The highest BCUT2D eigenvalue weighted by molar-refractivity contribution is 6.00. The van der Waals surface area contributed by atoms with Crippen molar-refractivity contribution in [1.82, 2.24) is 14.7 Å². The Labute approximate surface area is 178 Å². The van der Waals surface area contributed by atoms with Crippen molar-refractivity contribution in [2.45, 2.75) is 56.8 Å². The number of rotatable bonds is 7. The van der Waals surface area contributed by atoms with E-state index in [1.165, 1.54) is 6.20 Å². The zero-order valence-corrected chi connectivity index (χ0v) is 17.1. The van der Waals surface area contributed by atoms with Gasteiger partial charge in [-0.1, -0.05) is 30.3 Å². The molecule has 1 saturated heterocycles. The van der Waals surface area contributed by atoms with Crippen LogP contribution in [0.3, 0.4) is 0 Å². The molecule has 1 N–H and O–H groups in total. The zero-order valence-electron chi connectivity index (χ0n) is 17.1. The highest BCUT2D eigenvalue weighted by Crippen LogP contribution is 2.44. The summed E-state index contributed by atoms with van der Waals surface area (Å²) in [5.74, 6) is 0.0321. The van der Waals surface area contributed by atoms with E-state index in [9.17, 15) is 22.8 Å². The maximum atomic E-state index is 13.7. The van der Waals surface area contributed by atoms with E-state index in [-0.39, 0.29) is 35.9 Å². The molecule has 1 aromatic carbocycles. The molecule has 0 spiro atoms. The number of halogens is 3. The molecule has 9 heteroatoms. The van der Waals surface area contributed by atoms with E-state index in [1.807, 2.05) is 6.07 Å². The number of carbonyl (C=O) groups excluding carboxylic acids is 2. The van der Waals surface area contributed by atoms with Crippen molar-refractivity contribution in [2.75, 3.05) is 18.4 Å². The van der Waals surface area contributed by atoms with Crippen LogP contribution in [0, 0.1) is 0 Å². The molecule has 1 fully saturated rings. The Morgan fingerprint density at radius 2 is 1.97 bits per heavy atom. The van der Waals surface area contributed by atoms with Gasteiger partial charge >= 0.3 is 6.18 Å². The van der Waals surface area contributed by atoms with Crippen LogP contribution in [0.1, 0.15) is 66.5 Å². The molecule has 0 bridgehead atoms. The van der Waals surface area contributed by atoms with Crippen molar-refractivity contribution in [1.29, 1.82) is 0 Å². The number of Topliss-reactive ketones (excluding diaryl/α,β-unsaturated/α-hetero) is 1. The molecule has 4 rings (SSSR count). The molecule has 0 saturated carbocycles. The first-order chi connectivity index (χ1) is 14.8. The smallest absolute Gasteiger partial charge is 0.363 e. The van der Waals surface area contributed by atoms with Gasteiger partial charge in [0.05, 0.1) is 17.8 Å². The summed E-state index contributed by atoms with van der Waals surface area (Å²) in [6.45, 7) is 1.37. The van der Waals surface area contributed by atoms with Crippen LogP contribution in [0.15, 0.2) is 36.5 Å². The number of fused-ring (bicyclic) bond motifs is 1. The van der Waals surface area contributed by atoms with Crippen LogP contribution in [-0.2, 0) is 4.79 Å². The van der Waals surface area contributed by atoms with Gasteiger partial charge < -0.3 is 10.2 Å². The molecule has 3 heterocycles. The lowest BCUT2D eigenvalue weighted by atomic mass is 9.96. The SMILES string of the molecule is O=C(CCCCN1CCCC1=O)c1cnn2c1NC(c1ccccc1)CC2C(F)(F)F. The molecular weight excluding hydrogens is 409 g/mol. The van der Waals surface area contributed by atoms with Crippen molar-refractivity contribution < 1.29 is 22.8 Å². The summed E-state index contributed by atoms with van der Waals surface area (Å²) < 4.78 is 42.1. The van der Waals surface area contributed by atoms with E-state index in [1.54, 1.807) is 29.2 Å². The molecule has 2 unspecified atom stereocenters. The van der Waals surface area contributed by atoms with E-state index in [4.69, 9.17) is 0 Å². The van der Waals surface area contributed by atoms with Crippen molar-refractivity contribution in [3.05, 3.63) is 47.7 Å². The van der Waals surface area contributed by atoms with Crippen molar-refractivity contribution >= 4 is 17.5 Å². The van der Waals surface area contributed by atoms with Crippen molar-refractivity contribution in [3.63, 3.8) is 0 Å². The fraction of sp³-hybridized carbons (Fsp3) is 0.500. The number of anilines is 1. The summed E-state index contributed by atoms with van der Waals surface area (Å²) in [4.78, 5) is 26.2. The molecule has 31 heavy (non-hydrogen) atoms. The number of unbranched alkanes of at least 4 members (excludes halogenated alkanes) is 1. The van der Waals surface area contributed by atoms with Crippen LogP contribution in [0.25, 0.3) is 0 Å². The van der Waals surface area contributed by atoms with Crippen LogP contribution in [0.2, 0.25) is 0 Å². The van der Waals surface area contributed by atoms with Gasteiger partial charge in [-0.3, -0.25) is 9.59 Å². The minimum atomic E-state index is -4.47. The lowest BCUT2D eigenvalue weighted by Crippen LogP contribution is -2.36. The lowest BCUT2D eigenvalue weighted by Gasteiger charge is -2.34. The number of hydrogen-bond acceptors (Lipinski definition) is 4. The highest BCUT2D eigenvalue weighted by atomic mass is 19.4. The molecule has 2 atom stereocenters. The number of aromatic nitrogens is 2. The average molecular weight is 434 g/mol. The van der Waals surface area contributed by atoms with Gasteiger partial charge in [-0.05, 0) is 24.8 Å². The molecule has 0 aliphatic carbocycles. The quantitative estimate of drug-likeness (QED) is 0.514. The topological polar surface area (TPSA) is 67.2 Å². The number of alkyl halides is 3. The molecule has 6 nitrogen and oxygen atoms in total. The number of ketones is 1. The number of likely N-dealkylation sites (tertiary alicyclic amines) is 1. The monoisotopic (exact) mass is 434 g/mol. The van der Waals surface area contributed by atoms with Crippen LogP contribution < -0.4 is 5.32 Å². The maximum absolute atomic E-state index is 13.7. The predicted octanol–water partition coefficient (Wildman–Crippen LogP) is 4.52. The Hall–Kier alpha value is -2.84. The Morgan fingerprint density at radius 1 is 1.19 bits per heavy atom. The van der Waals surface area contributed by atoms with Gasteiger partial charge in [0.15, 0.2) is 11.8 Å². The summed E-state index contributed by atoms with van der Waals surface area (Å²) in [6.07, 6.45) is -0.524. The highest BCUT2D eigenvalue weighted by Gasteiger charge is 2.47. The minimum absolute atomic E-state index is 0.127. The van der Waals surface area contributed by atoms with Crippen LogP contribution in [0.4, 0.5) is 19.0 Å². The fourth-order valence-corrected chi connectivity index (χ4v) is 4.33. The summed E-state index contributed by atoms with van der Waals surface area (Å²) >= 11 is 0. The second kappa shape index (κ2) is 8.72. The Balaban J connectivity index is 1.47. The van der Waals surface area contributed by atoms with E-state index in [0.717, 1.165) is 23.2 Å². The van der Waals surface area contributed by atoms with Gasteiger partial charge in [0.25, 0.3) is 0 Å². The summed E-state index contributed by atoms with van der Waals surface area (Å²) in [5, 5.41) is 7.03.